The molecule has 1 aliphatic carbocycles. The van der Waals surface area contributed by atoms with Gasteiger partial charge in [-0.2, -0.15) is 0 Å². The van der Waals surface area contributed by atoms with Gasteiger partial charge in [-0.05, 0) is 50.3 Å². The number of benzene rings is 1. The third kappa shape index (κ3) is 1.57. The average molecular weight is 336 g/mol. The Morgan fingerprint density at radius 1 is 1.28 bits per heavy atom. The van der Waals surface area contributed by atoms with Gasteiger partial charge in [0.15, 0.2) is 11.7 Å². The molecule has 128 valence electrons. The molecule has 2 aromatic rings. The maximum Gasteiger partial charge on any atom is 0.241 e. The van der Waals surface area contributed by atoms with Gasteiger partial charge >= 0.3 is 0 Å². The number of rotatable bonds is 1. The predicted octanol–water partition coefficient (Wildman–Crippen LogP) is 2.20. The number of fused-ring (bicyclic) bond motifs is 4. The summed E-state index contributed by atoms with van der Waals surface area (Å²) in [5, 5.41) is 1.19. The Kier molecular flexibility index (Phi) is 2.61. The summed E-state index contributed by atoms with van der Waals surface area (Å²) >= 11 is 0. The third-order valence-electron chi connectivity index (χ3n) is 6.67. The quantitative estimate of drug-likeness (QED) is 0.812. The summed E-state index contributed by atoms with van der Waals surface area (Å²) < 4.78 is 0. The zero-order valence-corrected chi connectivity index (χ0v) is 14.5. The van der Waals surface area contributed by atoms with Crippen molar-refractivity contribution in [3.8, 4) is 0 Å². The minimum atomic E-state index is -1.11. The Morgan fingerprint density at radius 2 is 2.04 bits per heavy atom. The Bertz CT molecular complexity index is 970. The van der Waals surface area contributed by atoms with E-state index in [0.29, 0.717) is 0 Å². The van der Waals surface area contributed by atoms with Crippen LogP contribution < -0.4 is 0 Å². The van der Waals surface area contributed by atoms with Crippen LogP contribution in [-0.2, 0) is 20.8 Å². The Labute approximate surface area is 145 Å². The highest BCUT2D eigenvalue weighted by molar-refractivity contribution is 6.24. The summed E-state index contributed by atoms with van der Waals surface area (Å²) in [7, 11) is 0. The molecule has 2 saturated heterocycles. The smallest absolute Gasteiger partial charge is 0.241 e. The standard InChI is InChI=1S/C20H20N2O3/c1-9(23)14-18(24)17-16-11-8-21-13-6-4-5-10(15(11)13)7-12(16)20(2,3)22(17)19(14)25/h4-6,8,12,14,16-17,21H,7H2,1-3H3/t12-,14+,16+,17+/m1/s1. The summed E-state index contributed by atoms with van der Waals surface area (Å²) in [6.45, 7) is 5.42. The molecule has 1 aromatic carbocycles. The van der Waals surface area contributed by atoms with Gasteiger partial charge < -0.3 is 9.88 Å². The van der Waals surface area contributed by atoms with Crippen LogP contribution in [0.15, 0.2) is 24.4 Å². The molecule has 25 heavy (non-hydrogen) atoms. The number of aromatic nitrogens is 1. The van der Waals surface area contributed by atoms with Gasteiger partial charge in [0.1, 0.15) is 5.78 Å². The van der Waals surface area contributed by atoms with E-state index in [-0.39, 0.29) is 29.3 Å². The fourth-order valence-corrected chi connectivity index (χ4v) is 5.61. The lowest BCUT2D eigenvalue weighted by atomic mass is 9.68. The second-order valence-corrected chi connectivity index (χ2v) is 8.17. The number of carbonyl (C=O) groups excluding carboxylic acids is 3. The number of aromatic amines is 1. The molecule has 4 atom stereocenters. The van der Waals surface area contributed by atoms with E-state index in [1.54, 1.807) is 4.90 Å². The Hall–Kier alpha value is -2.43. The SMILES string of the molecule is CC(=O)[C@H]1C(=O)[C@@H]2[C@H]3c4c[nH]c5cccc(c45)C[C@H]3C(C)(C)N2C1=O. The van der Waals surface area contributed by atoms with Crippen molar-refractivity contribution in [2.24, 2.45) is 11.8 Å². The van der Waals surface area contributed by atoms with Crippen LogP contribution in [0.2, 0.25) is 0 Å². The number of Topliss-reactive ketones (excluding diaryl/α,β-unsaturated/α-hetero) is 2. The number of ketones is 2. The molecule has 1 N–H and O–H groups in total. The summed E-state index contributed by atoms with van der Waals surface area (Å²) in [5.74, 6) is -1.85. The van der Waals surface area contributed by atoms with Gasteiger partial charge in [0.05, 0.1) is 6.04 Å². The second kappa shape index (κ2) is 4.40. The van der Waals surface area contributed by atoms with Crippen molar-refractivity contribution in [3.63, 3.8) is 0 Å². The zero-order valence-electron chi connectivity index (χ0n) is 14.5. The van der Waals surface area contributed by atoms with Gasteiger partial charge in [0, 0.05) is 28.6 Å². The number of nitrogens with one attached hydrogen (secondary N) is 1. The predicted molar refractivity (Wildman–Crippen MR) is 92.1 cm³/mol. The average Bonchev–Trinajstić information content (AvgIpc) is 3.14. The number of H-pyrrole nitrogens is 1. The van der Waals surface area contributed by atoms with Gasteiger partial charge in [-0.1, -0.05) is 12.1 Å². The zero-order chi connectivity index (χ0) is 17.7. The second-order valence-electron chi connectivity index (χ2n) is 8.17. The molecular weight excluding hydrogens is 316 g/mol. The van der Waals surface area contributed by atoms with Gasteiger partial charge in [0.25, 0.3) is 0 Å². The molecule has 5 nitrogen and oxygen atoms in total. The molecule has 0 unspecified atom stereocenters. The molecule has 2 aliphatic heterocycles. The number of nitrogens with zero attached hydrogens (tertiary/aromatic N) is 1. The molecular formula is C20H20N2O3. The Morgan fingerprint density at radius 3 is 2.76 bits per heavy atom. The van der Waals surface area contributed by atoms with E-state index in [1.165, 1.54) is 17.9 Å². The first-order chi connectivity index (χ1) is 11.8. The van der Waals surface area contributed by atoms with E-state index in [4.69, 9.17) is 0 Å². The monoisotopic (exact) mass is 336 g/mol. The van der Waals surface area contributed by atoms with E-state index < -0.39 is 17.5 Å². The number of hydrogen-bond donors (Lipinski definition) is 1. The molecule has 0 saturated carbocycles. The number of hydrogen-bond acceptors (Lipinski definition) is 3. The first kappa shape index (κ1) is 14.9. The molecule has 0 spiro atoms. The van der Waals surface area contributed by atoms with E-state index in [9.17, 15) is 14.4 Å². The Balaban J connectivity index is 1.75. The lowest BCUT2D eigenvalue weighted by Crippen LogP contribution is -2.47. The fraction of sp³-hybridized carbons (Fsp3) is 0.450. The van der Waals surface area contributed by atoms with Gasteiger partial charge in [-0.3, -0.25) is 14.4 Å². The number of carbonyl (C=O) groups is 3. The fourth-order valence-electron chi connectivity index (χ4n) is 5.61. The molecule has 1 aromatic heterocycles. The third-order valence-corrected chi connectivity index (χ3v) is 6.67. The largest absolute Gasteiger partial charge is 0.361 e. The summed E-state index contributed by atoms with van der Waals surface area (Å²) in [5.41, 5.74) is 3.01. The highest BCUT2D eigenvalue weighted by Gasteiger charge is 2.66. The van der Waals surface area contributed by atoms with Gasteiger partial charge in [-0.25, -0.2) is 0 Å². The van der Waals surface area contributed by atoms with Crippen molar-refractivity contribution in [2.75, 3.05) is 0 Å². The molecule has 3 aliphatic rings. The van der Waals surface area contributed by atoms with Crippen molar-refractivity contribution >= 4 is 28.4 Å². The number of amides is 1. The van der Waals surface area contributed by atoms with E-state index in [0.717, 1.165) is 17.5 Å². The summed E-state index contributed by atoms with van der Waals surface area (Å²) in [6, 6.07) is 5.70. The molecule has 5 heteroatoms. The van der Waals surface area contributed by atoms with Crippen LogP contribution in [0.25, 0.3) is 10.9 Å². The minimum absolute atomic E-state index is 0.0422. The van der Waals surface area contributed by atoms with Crippen LogP contribution in [0, 0.1) is 11.8 Å². The van der Waals surface area contributed by atoms with Gasteiger partial charge in [-0.15, -0.1) is 0 Å². The summed E-state index contributed by atoms with van der Waals surface area (Å²) in [6.07, 6.45) is 2.83. The van der Waals surface area contributed by atoms with Crippen LogP contribution in [0.1, 0.15) is 37.8 Å². The van der Waals surface area contributed by atoms with Crippen LogP contribution in [-0.4, -0.2) is 38.9 Å². The molecule has 5 rings (SSSR count). The maximum absolute atomic E-state index is 13.0. The van der Waals surface area contributed by atoms with Crippen molar-refractivity contribution < 1.29 is 14.4 Å². The van der Waals surface area contributed by atoms with Crippen molar-refractivity contribution in [2.45, 2.75) is 44.7 Å². The van der Waals surface area contributed by atoms with Gasteiger partial charge in [0.2, 0.25) is 5.91 Å². The topological polar surface area (TPSA) is 70.2 Å². The molecule has 1 amide bonds. The van der Waals surface area contributed by atoms with Crippen LogP contribution in [0.5, 0.6) is 0 Å². The van der Waals surface area contributed by atoms with E-state index in [2.05, 4.69) is 11.1 Å². The van der Waals surface area contributed by atoms with Crippen molar-refractivity contribution in [3.05, 3.63) is 35.5 Å². The minimum Gasteiger partial charge on any atom is -0.361 e. The highest BCUT2D eigenvalue weighted by atomic mass is 16.2. The summed E-state index contributed by atoms with van der Waals surface area (Å²) in [4.78, 5) is 42.9. The lowest BCUT2D eigenvalue weighted by molar-refractivity contribution is -0.140. The van der Waals surface area contributed by atoms with E-state index in [1.807, 2.05) is 32.2 Å². The molecule has 2 fully saturated rings. The lowest BCUT2D eigenvalue weighted by Gasteiger charge is -2.37. The molecule has 3 heterocycles. The molecule has 0 radical (unpaired) electrons. The first-order valence-electron chi connectivity index (χ1n) is 8.80. The van der Waals surface area contributed by atoms with Crippen LogP contribution in [0.3, 0.4) is 0 Å². The van der Waals surface area contributed by atoms with Crippen LogP contribution in [0.4, 0.5) is 0 Å². The molecule has 0 bridgehead atoms. The maximum atomic E-state index is 13.0. The van der Waals surface area contributed by atoms with Crippen molar-refractivity contribution in [1.29, 1.82) is 0 Å². The van der Waals surface area contributed by atoms with Crippen LogP contribution >= 0.6 is 0 Å². The van der Waals surface area contributed by atoms with Crippen molar-refractivity contribution in [1.82, 2.24) is 9.88 Å². The normalized spacial score (nSPS) is 32.2. The first-order valence-corrected chi connectivity index (χ1v) is 8.80. The van der Waals surface area contributed by atoms with E-state index >= 15 is 0 Å². The highest BCUT2D eigenvalue weighted by Crippen LogP contribution is 2.57.